The lowest BCUT2D eigenvalue weighted by atomic mass is 9.80. The van der Waals surface area contributed by atoms with Crippen molar-refractivity contribution in [1.82, 2.24) is 9.80 Å². The average molecular weight is 270 g/mol. The van der Waals surface area contributed by atoms with Crippen molar-refractivity contribution in [3.63, 3.8) is 0 Å². The molecule has 0 spiro atoms. The van der Waals surface area contributed by atoms with E-state index in [0.717, 1.165) is 32.0 Å². The van der Waals surface area contributed by atoms with Crippen LogP contribution in [0, 0.1) is 5.92 Å². The summed E-state index contributed by atoms with van der Waals surface area (Å²) in [5, 5.41) is 10.3. The molecule has 0 aliphatic heterocycles. The van der Waals surface area contributed by atoms with Crippen LogP contribution in [-0.2, 0) is 0 Å². The lowest BCUT2D eigenvalue weighted by molar-refractivity contribution is 0.00264. The second kappa shape index (κ2) is 8.93. The molecule has 0 amide bonds. The molecule has 1 rings (SSSR count). The number of aliphatic hydroxyl groups is 1. The molecule has 19 heavy (non-hydrogen) atoms. The lowest BCUT2D eigenvalue weighted by Gasteiger charge is -2.40. The monoisotopic (exact) mass is 270 g/mol. The van der Waals surface area contributed by atoms with Gasteiger partial charge in [0.2, 0.25) is 0 Å². The molecule has 0 radical (unpaired) electrons. The molecule has 0 aromatic rings. The second-order valence-electron chi connectivity index (χ2n) is 6.39. The maximum absolute atomic E-state index is 10.3. The maximum Gasteiger partial charge on any atom is 0.0695 e. The van der Waals surface area contributed by atoms with E-state index in [1.54, 1.807) is 0 Å². The summed E-state index contributed by atoms with van der Waals surface area (Å²) in [4.78, 5) is 4.75. The van der Waals surface area contributed by atoms with Crippen LogP contribution >= 0.6 is 0 Å². The van der Waals surface area contributed by atoms with Crippen molar-refractivity contribution in [2.75, 3.05) is 33.7 Å². The fourth-order valence-electron chi connectivity index (χ4n) is 3.43. The SMILES string of the molecule is CCCC1CCC(O)C(N(CC)CCCN(C)C)C1. The molecule has 1 saturated carbocycles. The summed E-state index contributed by atoms with van der Waals surface area (Å²) >= 11 is 0. The van der Waals surface area contributed by atoms with Crippen molar-refractivity contribution < 1.29 is 5.11 Å². The summed E-state index contributed by atoms with van der Waals surface area (Å²) in [5.74, 6) is 0.835. The summed E-state index contributed by atoms with van der Waals surface area (Å²) in [6, 6.07) is 0.400. The number of rotatable bonds is 8. The van der Waals surface area contributed by atoms with Crippen LogP contribution in [0.25, 0.3) is 0 Å². The third-order valence-electron chi connectivity index (χ3n) is 4.51. The summed E-state index contributed by atoms with van der Waals surface area (Å²) in [6.07, 6.45) is 7.12. The number of hydrogen-bond acceptors (Lipinski definition) is 3. The Kier molecular flexibility index (Phi) is 7.96. The zero-order valence-corrected chi connectivity index (χ0v) is 13.4. The molecule has 1 N–H and O–H groups in total. The third-order valence-corrected chi connectivity index (χ3v) is 4.51. The first kappa shape index (κ1) is 16.9. The summed E-state index contributed by atoms with van der Waals surface area (Å²) in [6.45, 7) is 7.82. The van der Waals surface area contributed by atoms with E-state index in [9.17, 15) is 5.11 Å². The topological polar surface area (TPSA) is 26.7 Å². The molecule has 0 bridgehead atoms. The molecule has 0 aromatic heterocycles. The van der Waals surface area contributed by atoms with Gasteiger partial charge >= 0.3 is 0 Å². The molecular formula is C16H34N2O. The summed E-state index contributed by atoms with van der Waals surface area (Å²) in [5.41, 5.74) is 0. The van der Waals surface area contributed by atoms with Gasteiger partial charge in [-0.25, -0.2) is 0 Å². The Bertz CT molecular complexity index is 233. The average Bonchev–Trinajstić information content (AvgIpc) is 2.37. The van der Waals surface area contributed by atoms with Crippen LogP contribution in [0.3, 0.4) is 0 Å². The highest BCUT2D eigenvalue weighted by molar-refractivity contribution is 4.86. The quantitative estimate of drug-likeness (QED) is 0.734. The Labute approximate surface area is 120 Å². The third kappa shape index (κ3) is 5.80. The minimum atomic E-state index is -0.104. The van der Waals surface area contributed by atoms with Gasteiger partial charge < -0.3 is 10.0 Å². The molecule has 3 unspecified atom stereocenters. The van der Waals surface area contributed by atoms with E-state index in [1.165, 1.54) is 32.1 Å². The highest BCUT2D eigenvalue weighted by Crippen LogP contribution is 2.31. The van der Waals surface area contributed by atoms with Gasteiger partial charge in [0.1, 0.15) is 0 Å². The Balaban J connectivity index is 2.46. The standard InChI is InChI=1S/C16H34N2O/c1-5-8-14-9-10-16(19)15(13-14)18(6-2)12-7-11-17(3)4/h14-16,19H,5-13H2,1-4H3. The van der Waals surface area contributed by atoms with Gasteiger partial charge in [-0.2, -0.15) is 0 Å². The van der Waals surface area contributed by atoms with Gasteiger partial charge in [-0.3, -0.25) is 4.90 Å². The molecule has 1 aliphatic rings. The van der Waals surface area contributed by atoms with E-state index >= 15 is 0 Å². The van der Waals surface area contributed by atoms with E-state index in [-0.39, 0.29) is 6.10 Å². The number of hydrogen-bond donors (Lipinski definition) is 1. The predicted molar refractivity (Wildman–Crippen MR) is 82.5 cm³/mol. The zero-order valence-electron chi connectivity index (χ0n) is 13.4. The molecule has 1 fully saturated rings. The van der Waals surface area contributed by atoms with E-state index in [4.69, 9.17) is 0 Å². The minimum Gasteiger partial charge on any atom is -0.391 e. The number of nitrogens with zero attached hydrogens (tertiary/aromatic N) is 2. The largest absolute Gasteiger partial charge is 0.391 e. The highest BCUT2D eigenvalue weighted by atomic mass is 16.3. The summed E-state index contributed by atoms with van der Waals surface area (Å²) < 4.78 is 0. The van der Waals surface area contributed by atoms with E-state index < -0.39 is 0 Å². The number of aliphatic hydroxyl groups excluding tert-OH is 1. The molecule has 3 heteroatoms. The maximum atomic E-state index is 10.3. The van der Waals surface area contributed by atoms with Crippen molar-refractivity contribution in [3.05, 3.63) is 0 Å². The Morgan fingerprint density at radius 1 is 1.11 bits per heavy atom. The van der Waals surface area contributed by atoms with Crippen LogP contribution in [0.5, 0.6) is 0 Å². The lowest BCUT2D eigenvalue weighted by Crippen LogP contribution is -2.48. The van der Waals surface area contributed by atoms with Crippen LogP contribution in [0.15, 0.2) is 0 Å². The van der Waals surface area contributed by atoms with Gasteiger partial charge in [0.25, 0.3) is 0 Å². The van der Waals surface area contributed by atoms with Gasteiger partial charge in [-0.1, -0.05) is 26.7 Å². The van der Waals surface area contributed by atoms with Crippen molar-refractivity contribution in [2.24, 2.45) is 5.92 Å². The van der Waals surface area contributed by atoms with E-state index in [1.807, 2.05) is 0 Å². The van der Waals surface area contributed by atoms with Gasteiger partial charge in [-0.15, -0.1) is 0 Å². The normalized spacial score (nSPS) is 28.3. The van der Waals surface area contributed by atoms with Crippen LogP contribution < -0.4 is 0 Å². The Morgan fingerprint density at radius 3 is 2.42 bits per heavy atom. The molecule has 0 heterocycles. The minimum absolute atomic E-state index is 0.104. The van der Waals surface area contributed by atoms with Crippen molar-refractivity contribution in [2.45, 2.75) is 64.5 Å². The molecule has 114 valence electrons. The fraction of sp³-hybridized carbons (Fsp3) is 1.00. The highest BCUT2D eigenvalue weighted by Gasteiger charge is 2.32. The molecule has 1 aliphatic carbocycles. The van der Waals surface area contributed by atoms with Crippen molar-refractivity contribution in [3.8, 4) is 0 Å². The molecule has 0 saturated heterocycles. The van der Waals surface area contributed by atoms with E-state index in [2.05, 4.69) is 37.7 Å². The van der Waals surface area contributed by atoms with Gasteiger partial charge in [0, 0.05) is 6.04 Å². The summed E-state index contributed by atoms with van der Waals surface area (Å²) in [7, 11) is 4.26. The Hall–Kier alpha value is -0.120. The van der Waals surface area contributed by atoms with Crippen LogP contribution in [-0.4, -0.2) is 60.8 Å². The van der Waals surface area contributed by atoms with Gasteiger partial charge in [0.05, 0.1) is 6.10 Å². The first-order valence-corrected chi connectivity index (χ1v) is 8.15. The van der Waals surface area contributed by atoms with Gasteiger partial charge in [-0.05, 0) is 65.3 Å². The van der Waals surface area contributed by atoms with Crippen LogP contribution in [0.2, 0.25) is 0 Å². The number of likely N-dealkylation sites (N-methyl/N-ethyl adjacent to an activating group) is 1. The van der Waals surface area contributed by atoms with Crippen LogP contribution in [0.1, 0.15) is 52.4 Å². The first-order valence-electron chi connectivity index (χ1n) is 8.15. The molecular weight excluding hydrogens is 236 g/mol. The molecule has 3 atom stereocenters. The van der Waals surface area contributed by atoms with E-state index in [0.29, 0.717) is 6.04 Å². The first-order chi connectivity index (χ1) is 9.08. The predicted octanol–water partition coefficient (Wildman–Crippen LogP) is 2.59. The van der Waals surface area contributed by atoms with Crippen molar-refractivity contribution in [1.29, 1.82) is 0 Å². The smallest absolute Gasteiger partial charge is 0.0695 e. The molecule has 0 aromatic carbocycles. The molecule has 3 nitrogen and oxygen atoms in total. The Morgan fingerprint density at radius 2 is 1.84 bits per heavy atom. The fourth-order valence-corrected chi connectivity index (χ4v) is 3.43. The van der Waals surface area contributed by atoms with Crippen LogP contribution in [0.4, 0.5) is 0 Å². The zero-order chi connectivity index (χ0) is 14.3. The second-order valence-corrected chi connectivity index (χ2v) is 6.39. The van der Waals surface area contributed by atoms with Crippen molar-refractivity contribution >= 4 is 0 Å². The van der Waals surface area contributed by atoms with Gasteiger partial charge in [0.15, 0.2) is 0 Å².